The molecule has 112 valence electrons. The molecule has 0 spiro atoms. The highest BCUT2D eigenvalue weighted by Gasteiger charge is 2.22. The molecule has 9 heteroatoms. The summed E-state index contributed by atoms with van der Waals surface area (Å²) in [7, 11) is -3.62. The average Bonchev–Trinajstić information content (AvgIpc) is 2.78. The van der Waals surface area contributed by atoms with E-state index in [9.17, 15) is 13.2 Å². The lowest BCUT2D eigenvalue weighted by Gasteiger charge is -2.27. The van der Waals surface area contributed by atoms with Crippen molar-refractivity contribution in [2.24, 2.45) is 0 Å². The Balaban J connectivity index is 1.96. The Labute approximate surface area is 130 Å². The topological polar surface area (TPSA) is 78.5 Å². The Morgan fingerprint density at radius 3 is 2.70 bits per heavy atom. The number of sulfonamides is 1. The number of halogens is 1. The number of nitrogens with one attached hydrogen (secondary N) is 2. The predicted octanol–water partition coefficient (Wildman–Crippen LogP) is 0.529. The van der Waals surface area contributed by atoms with Gasteiger partial charge >= 0.3 is 0 Å². The SMILES string of the molecule is Cc1cc(S(=O)(=O)NCC(=O)N2CCNCC2)sc1Br. The fraction of sp³-hybridized carbons (Fsp3) is 0.545. The van der Waals surface area contributed by atoms with E-state index in [0.29, 0.717) is 13.1 Å². The third-order valence-corrected chi connectivity index (χ3v) is 6.99. The van der Waals surface area contributed by atoms with Crippen LogP contribution in [0.1, 0.15) is 5.56 Å². The zero-order valence-corrected chi connectivity index (χ0v) is 14.2. The molecule has 1 aliphatic rings. The molecule has 0 radical (unpaired) electrons. The molecule has 0 aromatic carbocycles. The Kier molecular flexibility index (Phi) is 5.19. The molecule has 1 aromatic heterocycles. The monoisotopic (exact) mass is 381 g/mol. The molecule has 1 saturated heterocycles. The van der Waals surface area contributed by atoms with Crippen LogP contribution in [0, 0.1) is 6.92 Å². The van der Waals surface area contributed by atoms with Crippen LogP contribution in [0.5, 0.6) is 0 Å². The van der Waals surface area contributed by atoms with E-state index in [1.807, 2.05) is 6.92 Å². The van der Waals surface area contributed by atoms with Gasteiger partial charge in [-0.05, 0) is 34.5 Å². The number of hydrogen-bond acceptors (Lipinski definition) is 5. The van der Waals surface area contributed by atoms with E-state index in [2.05, 4.69) is 26.0 Å². The fourth-order valence-corrected chi connectivity index (χ4v) is 5.06. The smallest absolute Gasteiger partial charge is 0.250 e. The van der Waals surface area contributed by atoms with Gasteiger partial charge in [0.15, 0.2) is 0 Å². The molecule has 0 aliphatic carbocycles. The van der Waals surface area contributed by atoms with Crippen molar-refractivity contribution in [2.75, 3.05) is 32.7 Å². The highest BCUT2D eigenvalue weighted by molar-refractivity contribution is 9.11. The largest absolute Gasteiger partial charge is 0.339 e. The molecule has 6 nitrogen and oxygen atoms in total. The van der Waals surface area contributed by atoms with Crippen molar-refractivity contribution in [1.82, 2.24) is 14.9 Å². The van der Waals surface area contributed by atoms with Crippen molar-refractivity contribution < 1.29 is 13.2 Å². The summed E-state index contributed by atoms with van der Waals surface area (Å²) in [4.78, 5) is 13.6. The second-order valence-corrected chi connectivity index (χ2v) is 8.84. The van der Waals surface area contributed by atoms with Crippen molar-refractivity contribution in [3.05, 3.63) is 15.4 Å². The molecule has 0 unspecified atom stereocenters. The molecule has 2 N–H and O–H groups in total. The van der Waals surface area contributed by atoms with Crippen LogP contribution in [-0.2, 0) is 14.8 Å². The molecule has 0 bridgehead atoms. The van der Waals surface area contributed by atoms with Crippen molar-refractivity contribution in [3.8, 4) is 0 Å². The molecule has 1 aliphatic heterocycles. The fourth-order valence-electron chi connectivity index (χ4n) is 1.82. The Morgan fingerprint density at radius 2 is 2.15 bits per heavy atom. The van der Waals surface area contributed by atoms with Gasteiger partial charge in [0.2, 0.25) is 5.91 Å². The van der Waals surface area contributed by atoms with Crippen molar-refractivity contribution in [2.45, 2.75) is 11.1 Å². The molecule has 1 amide bonds. The third kappa shape index (κ3) is 3.79. The van der Waals surface area contributed by atoms with Crippen LogP contribution in [0.25, 0.3) is 0 Å². The minimum atomic E-state index is -3.62. The number of carbonyl (C=O) groups excluding carboxylic acids is 1. The van der Waals surface area contributed by atoms with Gasteiger partial charge in [0.25, 0.3) is 10.0 Å². The van der Waals surface area contributed by atoms with E-state index in [-0.39, 0.29) is 16.7 Å². The quantitative estimate of drug-likeness (QED) is 0.797. The number of rotatable bonds is 4. The lowest BCUT2D eigenvalue weighted by Crippen LogP contribution is -2.49. The summed E-state index contributed by atoms with van der Waals surface area (Å²) < 4.78 is 27.5. The predicted molar refractivity (Wildman–Crippen MR) is 81.4 cm³/mol. The van der Waals surface area contributed by atoms with Gasteiger partial charge in [0, 0.05) is 26.2 Å². The molecule has 20 heavy (non-hydrogen) atoms. The standard InChI is InChI=1S/C11H16BrN3O3S2/c1-8-6-10(19-11(8)12)20(17,18)14-7-9(16)15-4-2-13-3-5-15/h6,13-14H,2-5,7H2,1H3. The first kappa shape index (κ1) is 15.9. The lowest BCUT2D eigenvalue weighted by molar-refractivity contribution is -0.130. The molecule has 0 saturated carbocycles. The van der Waals surface area contributed by atoms with Gasteiger partial charge in [-0.2, -0.15) is 0 Å². The number of nitrogens with zero attached hydrogens (tertiary/aromatic N) is 1. The first-order valence-electron chi connectivity index (χ1n) is 6.14. The maximum Gasteiger partial charge on any atom is 0.250 e. The molecule has 0 atom stereocenters. The minimum Gasteiger partial charge on any atom is -0.339 e. The summed E-state index contributed by atoms with van der Waals surface area (Å²) in [5.41, 5.74) is 0.865. The van der Waals surface area contributed by atoms with Crippen LogP contribution >= 0.6 is 27.3 Å². The van der Waals surface area contributed by atoms with Gasteiger partial charge < -0.3 is 10.2 Å². The number of amides is 1. The van der Waals surface area contributed by atoms with Gasteiger partial charge in [-0.15, -0.1) is 11.3 Å². The van der Waals surface area contributed by atoms with Crippen molar-refractivity contribution in [3.63, 3.8) is 0 Å². The van der Waals surface area contributed by atoms with E-state index < -0.39 is 10.0 Å². The van der Waals surface area contributed by atoms with Crippen LogP contribution < -0.4 is 10.0 Å². The van der Waals surface area contributed by atoms with Gasteiger partial charge in [0.05, 0.1) is 10.3 Å². The zero-order valence-electron chi connectivity index (χ0n) is 11.0. The van der Waals surface area contributed by atoms with Crippen LogP contribution in [0.15, 0.2) is 14.1 Å². The van der Waals surface area contributed by atoms with E-state index in [1.54, 1.807) is 11.0 Å². The van der Waals surface area contributed by atoms with E-state index >= 15 is 0 Å². The van der Waals surface area contributed by atoms with Crippen LogP contribution in [0.3, 0.4) is 0 Å². The van der Waals surface area contributed by atoms with Gasteiger partial charge in [0.1, 0.15) is 4.21 Å². The molecular weight excluding hydrogens is 366 g/mol. The summed E-state index contributed by atoms with van der Waals surface area (Å²) in [5.74, 6) is -0.192. The molecule has 2 heterocycles. The van der Waals surface area contributed by atoms with Crippen molar-refractivity contribution in [1.29, 1.82) is 0 Å². The first-order valence-corrected chi connectivity index (χ1v) is 9.23. The van der Waals surface area contributed by atoms with Crippen LogP contribution in [0.4, 0.5) is 0 Å². The lowest BCUT2D eigenvalue weighted by atomic mass is 10.3. The van der Waals surface area contributed by atoms with Crippen LogP contribution in [-0.4, -0.2) is 51.9 Å². The molecule has 1 aromatic rings. The maximum absolute atomic E-state index is 12.1. The Hall–Kier alpha value is -0.480. The molecular formula is C11H16BrN3O3S2. The Bertz CT molecular complexity index is 575. The summed E-state index contributed by atoms with van der Waals surface area (Å²) in [5, 5.41) is 3.14. The van der Waals surface area contributed by atoms with Gasteiger partial charge in [-0.3, -0.25) is 4.79 Å². The van der Waals surface area contributed by atoms with Gasteiger partial charge in [-0.1, -0.05) is 0 Å². The highest BCUT2D eigenvalue weighted by atomic mass is 79.9. The maximum atomic E-state index is 12.1. The normalized spacial score (nSPS) is 16.4. The average molecular weight is 382 g/mol. The number of thiophene rings is 1. The number of aryl methyl sites for hydroxylation is 1. The Morgan fingerprint density at radius 1 is 1.50 bits per heavy atom. The summed E-state index contributed by atoms with van der Waals surface area (Å²) >= 11 is 4.44. The van der Waals surface area contributed by atoms with Crippen LogP contribution in [0.2, 0.25) is 0 Å². The summed E-state index contributed by atoms with van der Waals surface area (Å²) in [6.07, 6.45) is 0. The van der Waals surface area contributed by atoms with E-state index in [0.717, 1.165) is 33.8 Å². The van der Waals surface area contributed by atoms with Gasteiger partial charge in [-0.25, -0.2) is 13.1 Å². The molecule has 1 fully saturated rings. The molecule has 2 rings (SSSR count). The van der Waals surface area contributed by atoms with Crippen molar-refractivity contribution >= 4 is 43.2 Å². The minimum absolute atomic E-state index is 0.192. The number of hydrogen-bond donors (Lipinski definition) is 2. The number of piperazine rings is 1. The zero-order chi connectivity index (χ0) is 14.8. The van der Waals surface area contributed by atoms with E-state index in [4.69, 9.17) is 0 Å². The second-order valence-electron chi connectivity index (χ2n) is 4.48. The second kappa shape index (κ2) is 6.52. The third-order valence-electron chi connectivity index (χ3n) is 2.98. The highest BCUT2D eigenvalue weighted by Crippen LogP contribution is 2.30. The van der Waals surface area contributed by atoms with E-state index in [1.165, 1.54) is 0 Å². The first-order chi connectivity index (χ1) is 9.40. The summed E-state index contributed by atoms with van der Waals surface area (Å²) in [6, 6.07) is 1.59. The number of carbonyl (C=O) groups is 1. The summed E-state index contributed by atoms with van der Waals surface area (Å²) in [6.45, 7) is 4.35.